The van der Waals surface area contributed by atoms with E-state index in [1.165, 1.54) is 0 Å². The van der Waals surface area contributed by atoms with Gasteiger partial charge < -0.3 is 20.1 Å². The van der Waals surface area contributed by atoms with Gasteiger partial charge in [-0.05, 0) is 44.5 Å². The fourth-order valence-electron chi connectivity index (χ4n) is 2.99. The van der Waals surface area contributed by atoms with Crippen LogP contribution in [0.1, 0.15) is 38.7 Å². The molecule has 0 bridgehead atoms. The predicted molar refractivity (Wildman–Crippen MR) is 91.9 cm³/mol. The van der Waals surface area contributed by atoms with Crippen LogP contribution < -0.4 is 10.1 Å². The average molecular weight is 320 g/mol. The van der Waals surface area contributed by atoms with Crippen LogP contribution in [0.2, 0.25) is 0 Å². The molecule has 1 aromatic carbocycles. The van der Waals surface area contributed by atoms with Crippen LogP contribution in [0.25, 0.3) is 0 Å². The van der Waals surface area contributed by atoms with Gasteiger partial charge in [-0.25, -0.2) is 0 Å². The summed E-state index contributed by atoms with van der Waals surface area (Å²) in [7, 11) is 0. The van der Waals surface area contributed by atoms with Gasteiger partial charge in [-0.3, -0.25) is 4.79 Å². The Morgan fingerprint density at radius 1 is 1.26 bits per heavy atom. The van der Waals surface area contributed by atoms with Gasteiger partial charge >= 0.3 is 0 Å². The van der Waals surface area contributed by atoms with E-state index < -0.39 is 6.10 Å². The molecule has 0 aliphatic carbocycles. The number of nitrogens with zero attached hydrogens (tertiary/aromatic N) is 1. The minimum Gasteiger partial charge on any atom is -0.490 e. The normalized spacial score (nSPS) is 15.2. The van der Waals surface area contributed by atoms with Gasteiger partial charge in [-0.1, -0.05) is 19.9 Å². The lowest BCUT2D eigenvalue weighted by atomic mass is 10.0. The summed E-state index contributed by atoms with van der Waals surface area (Å²) in [5.41, 5.74) is 1.85. The van der Waals surface area contributed by atoms with Crippen LogP contribution in [-0.4, -0.2) is 48.3 Å². The Labute approximate surface area is 138 Å². The van der Waals surface area contributed by atoms with Crippen LogP contribution in [0.15, 0.2) is 18.2 Å². The molecule has 1 heterocycles. The lowest BCUT2D eigenvalue weighted by Crippen LogP contribution is -2.36. The number of carbonyl (C=O) groups excluding carboxylic acids is 1. The molecule has 23 heavy (non-hydrogen) atoms. The average Bonchev–Trinajstić information content (AvgIpc) is 2.53. The summed E-state index contributed by atoms with van der Waals surface area (Å²) in [6.45, 7) is 7.20. The molecule has 1 atom stereocenters. The van der Waals surface area contributed by atoms with Crippen molar-refractivity contribution in [1.29, 1.82) is 0 Å². The molecule has 1 unspecified atom stereocenters. The Kier molecular flexibility index (Phi) is 6.86. The van der Waals surface area contributed by atoms with Crippen LogP contribution in [0.3, 0.4) is 0 Å². The maximum Gasteiger partial charge on any atom is 0.224 e. The molecule has 2 rings (SSSR count). The summed E-state index contributed by atoms with van der Waals surface area (Å²) in [5, 5.41) is 13.1. The van der Waals surface area contributed by atoms with Crippen molar-refractivity contribution in [2.24, 2.45) is 0 Å². The van der Waals surface area contributed by atoms with Gasteiger partial charge in [0.05, 0.1) is 0 Å². The first-order valence-corrected chi connectivity index (χ1v) is 8.59. The number of ether oxygens (including phenoxy) is 1. The number of carbonyl (C=O) groups is 1. The first-order valence-electron chi connectivity index (χ1n) is 8.59. The Morgan fingerprint density at radius 2 is 2.00 bits per heavy atom. The summed E-state index contributed by atoms with van der Waals surface area (Å²) >= 11 is 0. The quantitative estimate of drug-likeness (QED) is 0.733. The van der Waals surface area contributed by atoms with Gasteiger partial charge in [0.25, 0.3) is 0 Å². The zero-order valence-corrected chi connectivity index (χ0v) is 14.2. The minimum absolute atomic E-state index is 0.0458. The smallest absolute Gasteiger partial charge is 0.224 e. The maximum atomic E-state index is 11.5. The molecular formula is C18H28N2O3. The number of hydrogen-bond acceptors (Lipinski definition) is 4. The second-order valence-corrected chi connectivity index (χ2v) is 6.10. The SMILES string of the molecule is CCCN(CCC)CC(O)COc1cccc2c1CCC(=O)N2. The molecule has 0 spiro atoms. The Bertz CT molecular complexity index is 513. The summed E-state index contributed by atoms with van der Waals surface area (Å²) in [5.74, 6) is 0.809. The van der Waals surface area contributed by atoms with Crippen molar-refractivity contribution in [3.63, 3.8) is 0 Å². The largest absolute Gasteiger partial charge is 0.490 e. The summed E-state index contributed by atoms with van der Waals surface area (Å²) in [6.07, 6.45) is 2.82. The summed E-state index contributed by atoms with van der Waals surface area (Å²) in [4.78, 5) is 13.7. The van der Waals surface area contributed by atoms with Gasteiger partial charge in [0.1, 0.15) is 18.5 Å². The highest BCUT2D eigenvalue weighted by Crippen LogP contribution is 2.31. The van der Waals surface area contributed by atoms with E-state index in [4.69, 9.17) is 4.74 Å². The Hall–Kier alpha value is -1.59. The van der Waals surface area contributed by atoms with E-state index in [9.17, 15) is 9.90 Å². The van der Waals surface area contributed by atoms with E-state index >= 15 is 0 Å². The van der Waals surface area contributed by atoms with E-state index in [2.05, 4.69) is 24.1 Å². The molecule has 0 fully saturated rings. The topological polar surface area (TPSA) is 61.8 Å². The van der Waals surface area contributed by atoms with Crippen molar-refractivity contribution < 1.29 is 14.6 Å². The first-order chi connectivity index (χ1) is 11.1. The molecule has 1 aromatic rings. The summed E-state index contributed by atoms with van der Waals surface area (Å²) in [6, 6.07) is 5.66. The number of benzene rings is 1. The molecular weight excluding hydrogens is 292 g/mol. The standard InChI is InChI=1S/C18H28N2O3/c1-3-10-20(11-4-2)12-14(21)13-23-17-7-5-6-16-15(17)8-9-18(22)19-16/h5-7,14,21H,3-4,8-13H2,1-2H3,(H,19,22). The number of aliphatic hydroxyl groups excluding tert-OH is 1. The predicted octanol–water partition coefficient (Wildman–Crippen LogP) is 2.43. The molecule has 0 aromatic heterocycles. The van der Waals surface area contributed by atoms with E-state index in [0.29, 0.717) is 19.4 Å². The fourth-order valence-corrected chi connectivity index (χ4v) is 2.99. The van der Waals surface area contributed by atoms with Crippen LogP contribution in [0.4, 0.5) is 5.69 Å². The van der Waals surface area contributed by atoms with Crippen molar-refractivity contribution in [2.45, 2.75) is 45.6 Å². The van der Waals surface area contributed by atoms with Gasteiger partial charge in [0.15, 0.2) is 0 Å². The van der Waals surface area contributed by atoms with Gasteiger partial charge in [0.2, 0.25) is 5.91 Å². The number of anilines is 1. The van der Waals surface area contributed by atoms with Crippen LogP contribution in [0, 0.1) is 0 Å². The molecule has 1 aliphatic rings. The fraction of sp³-hybridized carbons (Fsp3) is 0.611. The third-order valence-electron chi connectivity index (χ3n) is 3.99. The van der Waals surface area contributed by atoms with Crippen molar-refractivity contribution in [3.8, 4) is 5.75 Å². The zero-order chi connectivity index (χ0) is 16.7. The lowest BCUT2D eigenvalue weighted by molar-refractivity contribution is -0.116. The van der Waals surface area contributed by atoms with E-state index in [0.717, 1.165) is 42.9 Å². The van der Waals surface area contributed by atoms with Gasteiger partial charge in [-0.2, -0.15) is 0 Å². The van der Waals surface area contributed by atoms with Crippen molar-refractivity contribution in [3.05, 3.63) is 23.8 Å². The Balaban J connectivity index is 1.90. The Morgan fingerprint density at radius 3 is 2.70 bits per heavy atom. The minimum atomic E-state index is -0.512. The van der Waals surface area contributed by atoms with E-state index in [1.54, 1.807) is 0 Å². The second kappa shape index (κ2) is 8.89. The number of aliphatic hydroxyl groups is 1. The number of hydrogen-bond donors (Lipinski definition) is 2. The molecule has 0 saturated heterocycles. The lowest BCUT2D eigenvalue weighted by Gasteiger charge is -2.25. The van der Waals surface area contributed by atoms with Crippen molar-refractivity contribution >= 4 is 11.6 Å². The maximum absolute atomic E-state index is 11.5. The van der Waals surface area contributed by atoms with Gasteiger partial charge in [0, 0.05) is 24.2 Å². The molecule has 1 amide bonds. The van der Waals surface area contributed by atoms with Crippen molar-refractivity contribution in [2.75, 3.05) is 31.6 Å². The first kappa shape index (κ1) is 17.8. The molecule has 0 radical (unpaired) electrons. The monoisotopic (exact) mass is 320 g/mol. The number of rotatable bonds is 9. The number of nitrogens with one attached hydrogen (secondary N) is 1. The second-order valence-electron chi connectivity index (χ2n) is 6.10. The third-order valence-corrected chi connectivity index (χ3v) is 3.99. The molecule has 5 nitrogen and oxygen atoms in total. The highest BCUT2D eigenvalue weighted by Gasteiger charge is 2.19. The molecule has 2 N–H and O–H groups in total. The number of amides is 1. The van der Waals surface area contributed by atoms with Crippen molar-refractivity contribution in [1.82, 2.24) is 4.90 Å². The molecule has 128 valence electrons. The highest BCUT2D eigenvalue weighted by atomic mass is 16.5. The highest BCUT2D eigenvalue weighted by molar-refractivity contribution is 5.94. The number of fused-ring (bicyclic) bond motifs is 1. The zero-order valence-electron chi connectivity index (χ0n) is 14.2. The van der Waals surface area contributed by atoms with Crippen LogP contribution >= 0.6 is 0 Å². The van der Waals surface area contributed by atoms with E-state index in [1.807, 2.05) is 18.2 Å². The van der Waals surface area contributed by atoms with E-state index in [-0.39, 0.29) is 12.5 Å². The van der Waals surface area contributed by atoms with Crippen LogP contribution in [-0.2, 0) is 11.2 Å². The van der Waals surface area contributed by atoms with Crippen LogP contribution in [0.5, 0.6) is 5.75 Å². The third kappa shape index (κ3) is 5.22. The van der Waals surface area contributed by atoms with Gasteiger partial charge in [-0.15, -0.1) is 0 Å². The molecule has 0 saturated carbocycles. The molecule has 5 heteroatoms. The summed E-state index contributed by atoms with van der Waals surface area (Å²) < 4.78 is 5.83. The molecule has 1 aliphatic heterocycles.